The molecule has 0 saturated heterocycles. The Morgan fingerprint density at radius 3 is 2.44 bits per heavy atom. The Bertz CT molecular complexity index is 496. The summed E-state index contributed by atoms with van der Waals surface area (Å²) >= 11 is 0. The summed E-state index contributed by atoms with van der Waals surface area (Å²) in [7, 11) is -3.31. The number of benzene rings is 1. The molecule has 0 unspecified atom stereocenters. The molecule has 3 N–H and O–H groups in total. The van der Waals surface area contributed by atoms with Crippen LogP contribution in [0.25, 0.3) is 0 Å². The third-order valence-corrected chi connectivity index (χ3v) is 2.70. The minimum absolute atomic E-state index is 0.416. The fourth-order valence-corrected chi connectivity index (χ4v) is 1.79. The Kier molecular flexibility index (Phi) is 5.11. The molecule has 1 aromatic carbocycles. The molecular formula is C11H16N2O4S. The molecule has 0 aliphatic carbocycles. The fraction of sp³-hybridized carbons (Fsp3) is 0.364. The lowest BCUT2D eigenvalue weighted by Crippen LogP contribution is -2.21. The number of carbonyl (C=O) groups is 1. The van der Waals surface area contributed by atoms with Crippen LogP contribution in [0.3, 0.4) is 0 Å². The average molecular weight is 272 g/mol. The number of nitrogens with one attached hydrogen (secondary N) is 1. The lowest BCUT2D eigenvalue weighted by Gasteiger charge is -2.07. The van der Waals surface area contributed by atoms with E-state index in [1.54, 1.807) is 24.3 Å². The van der Waals surface area contributed by atoms with E-state index in [0.29, 0.717) is 24.6 Å². The molecule has 0 fully saturated rings. The van der Waals surface area contributed by atoms with Crippen molar-refractivity contribution in [3.63, 3.8) is 0 Å². The number of carbonyl (C=O) groups excluding carboxylic acids is 1. The zero-order valence-electron chi connectivity index (χ0n) is 10.0. The second-order valence-electron chi connectivity index (χ2n) is 3.78. The third kappa shape index (κ3) is 5.65. The zero-order valence-corrected chi connectivity index (χ0v) is 10.9. The lowest BCUT2D eigenvalue weighted by molar-refractivity contribution is -0.113. The average Bonchev–Trinajstić information content (AvgIpc) is 2.25. The van der Waals surface area contributed by atoms with Crippen LogP contribution in [0.1, 0.15) is 0 Å². The Morgan fingerprint density at radius 1 is 1.33 bits per heavy atom. The summed E-state index contributed by atoms with van der Waals surface area (Å²) in [6.45, 7) is 0.840. The van der Waals surface area contributed by atoms with E-state index in [-0.39, 0.29) is 0 Å². The topological polar surface area (TPSA) is 98.5 Å². The van der Waals surface area contributed by atoms with Crippen LogP contribution >= 0.6 is 0 Å². The van der Waals surface area contributed by atoms with Gasteiger partial charge in [0.1, 0.15) is 18.1 Å². The zero-order chi connectivity index (χ0) is 13.6. The van der Waals surface area contributed by atoms with Crippen molar-refractivity contribution < 1.29 is 17.9 Å². The van der Waals surface area contributed by atoms with Gasteiger partial charge in [-0.3, -0.25) is 4.79 Å². The van der Waals surface area contributed by atoms with Gasteiger partial charge in [0.25, 0.3) is 0 Å². The Labute approximate surface area is 106 Å². The number of ether oxygens (including phenoxy) is 1. The van der Waals surface area contributed by atoms with E-state index in [0.717, 1.165) is 6.26 Å². The molecule has 18 heavy (non-hydrogen) atoms. The summed E-state index contributed by atoms with van der Waals surface area (Å²) < 4.78 is 27.1. The third-order valence-electron chi connectivity index (χ3n) is 1.92. The molecule has 1 amide bonds. The molecule has 0 atom stereocenters. The van der Waals surface area contributed by atoms with Crippen molar-refractivity contribution in [3.05, 3.63) is 24.3 Å². The van der Waals surface area contributed by atoms with Crippen molar-refractivity contribution >= 4 is 21.4 Å². The minimum Gasteiger partial charge on any atom is -0.492 e. The van der Waals surface area contributed by atoms with Crippen LogP contribution < -0.4 is 15.8 Å². The van der Waals surface area contributed by atoms with Crippen molar-refractivity contribution in [2.45, 2.75) is 0 Å². The highest BCUT2D eigenvalue weighted by molar-refractivity contribution is 7.91. The Hall–Kier alpha value is -1.60. The molecule has 100 valence electrons. The van der Waals surface area contributed by atoms with E-state index < -0.39 is 21.5 Å². The maximum absolute atomic E-state index is 11.3. The number of anilines is 1. The van der Waals surface area contributed by atoms with E-state index in [4.69, 9.17) is 10.5 Å². The van der Waals surface area contributed by atoms with Crippen LogP contribution in [-0.4, -0.2) is 39.5 Å². The van der Waals surface area contributed by atoms with E-state index in [2.05, 4.69) is 5.32 Å². The molecule has 0 spiro atoms. The van der Waals surface area contributed by atoms with Gasteiger partial charge in [0.05, 0.1) is 0 Å². The first-order chi connectivity index (χ1) is 8.40. The van der Waals surface area contributed by atoms with Crippen LogP contribution in [-0.2, 0) is 14.6 Å². The van der Waals surface area contributed by atoms with Gasteiger partial charge >= 0.3 is 0 Å². The molecule has 1 rings (SSSR count). The number of amides is 1. The summed E-state index contributed by atoms with van der Waals surface area (Å²) in [6, 6.07) is 6.61. The molecule has 0 bridgehead atoms. The number of sulfone groups is 1. The van der Waals surface area contributed by atoms with Gasteiger partial charge in [0.15, 0.2) is 9.84 Å². The first-order valence-corrected chi connectivity index (χ1v) is 7.37. The van der Waals surface area contributed by atoms with Crippen molar-refractivity contribution in [1.82, 2.24) is 0 Å². The highest BCUT2D eigenvalue weighted by atomic mass is 32.2. The number of hydrogen-bond acceptors (Lipinski definition) is 5. The molecule has 6 nitrogen and oxygen atoms in total. The first kappa shape index (κ1) is 14.5. The maximum Gasteiger partial charge on any atom is 0.239 e. The molecule has 0 aromatic heterocycles. The summed E-state index contributed by atoms with van der Waals surface area (Å²) in [6.07, 6.45) is 1.01. The minimum atomic E-state index is -3.31. The quantitative estimate of drug-likeness (QED) is 0.760. The van der Waals surface area contributed by atoms with Gasteiger partial charge in [-0.05, 0) is 24.3 Å². The second-order valence-corrected chi connectivity index (χ2v) is 5.92. The molecule has 0 heterocycles. The van der Waals surface area contributed by atoms with Gasteiger partial charge in [-0.1, -0.05) is 0 Å². The summed E-state index contributed by atoms with van der Waals surface area (Å²) in [5.41, 5.74) is 5.81. The van der Waals surface area contributed by atoms with Crippen LogP contribution in [0.2, 0.25) is 0 Å². The Balaban J connectivity index is 2.55. The molecular weight excluding hydrogens is 256 g/mol. The molecule has 1 aromatic rings. The van der Waals surface area contributed by atoms with Gasteiger partial charge in [-0.25, -0.2) is 8.42 Å². The molecule has 0 aliphatic heterocycles. The maximum atomic E-state index is 11.3. The predicted molar refractivity (Wildman–Crippen MR) is 69.3 cm³/mol. The van der Waals surface area contributed by atoms with Crippen LogP contribution in [0.5, 0.6) is 5.75 Å². The Morgan fingerprint density at radius 2 is 1.94 bits per heavy atom. The van der Waals surface area contributed by atoms with Crippen LogP contribution in [0, 0.1) is 0 Å². The van der Waals surface area contributed by atoms with Crippen molar-refractivity contribution in [1.29, 1.82) is 0 Å². The number of nitrogens with two attached hydrogens (primary N) is 1. The van der Waals surface area contributed by atoms with Gasteiger partial charge < -0.3 is 15.8 Å². The largest absolute Gasteiger partial charge is 0.492 e. The lowest BCUT2D eigenvalue weighted by atomic mass is 10.3. The van der Waals surface area contributed by atoms with E-state index >= 15 is 0 Å². The van der Waals surface area contributed by atoms with E-state index in [1.165, 1.54) is 0 Å². The van der Waals surface area contributed by atoms with Crippen molar-refractivity contribution in [3.8, 4) is 5.75 Å². The van der Waals surface area contributed by atoms with Crippen molar-refractivity contribution in [2.75, 3.05) is 30.5 Å². The fourth-order valence-electron chi connectivity index (χ4n) is 1.25. The molecule has 0 saturated carbocycles. The summed E-state index contributed by atoms with van der Waals surface area (Å²) in [5, 5.41) is 2.48. The highest BCUT2D eigenvalue weighted by Gasteiger charge is 2.10. The van der Waals surface area contributed by atoms with Crippen LogP contribution in [0.15, 0.2) is 24.3 Å². The molecule has 7 heteroatoms. The smallest absolute Gasteiger partial charge is 0.239 e. The SMILES string of the molecule is CS(=O)(=O)CC(=O)Nc1ccc(OCCN)cc1. The van der Waals surface area contributed by atoms with E-state index in [9.17, 15) is 13.2 Å². The van der Waals surface area contributed by atoms with Crippen LogP contribution in [0.4, 0.5) is 5.69 Å². The second kappa shape index (κ2) is 6.36. The highest BCUT2D eigenvalue weighted by Crippen LogP contribution is 2.15. The standard InChI is InChI=1S/C11H16N2O4S/c1-18(15,16)8-11(14)13-9-2-4-10(5-3-9)17-7-6-12/h2-5H,6-8,12H2,1H3,(H,13,14). The van der Waals surface area contributed by atoms with E-state index in [1.807, 2.05) is 0 Å². The molecule has 0 radical (unpaired) electrons. The molecule has 0 aliphatic rings. The first-order valence-electron chi connectivity index (χ1n) is 5.31. The predicted octanol–water partition coefficient (Wildman–Crippen LogP) is 0.00720. The van der Waals surface area contributed by atoms with Gasteiger partial charge in [-0.15, -0.1) is 0 Å². The summed E-state index contributed by atoms with van der Waals surface area (Å²) in [5.74, 6) is -0.451. The normalized spacial score (nSPS) is 11.0. The van der Waals surface area contributed by atoms with Crippen molar-refractivity contribution in [2.24, 2.45) is 5.73 Å². The summed E-state index contributed by atoms with van der Waals surface area (Å²) in [4.78, 5) is 11.3. The van der Waals surface area contributed by atoms with Gasteiger partial charge in [-0.2, -0.15) is 0 Å². The monoisotopic (exact) mass is 272 g/mol. The number of rotatable bonds is 6. The number of hydrogen-bond donors (Lipinski definition) is 2. The van der Waals surface area contributed by atoms with Gasteiger partial charge in [0.2, 0.25) is 5.91 Å². The van der Waals surface area contributed by atoms with Gasteiger partial charge in [0, 0.05) is 18.5 Å².